The average molecular weight is 401 g/mol. The van der Waals surface area contributed by atoms with Gasteiger partial charge in [-0.1, -0.05) is 12.1 Å². The van der Waals surface area contributed by atoms with Crippen LogP contribution in [-0.2, 0) is 11.3 Å². The Hall–Kier alpha value is -2.31. The van der Waals surface area contributed by atoms with E-state index in [9.17, 15) is 4.79 Å². The number of methoxy groups -OCH3 is 1. The lowest BCUT2D eigenvalue weighted by molar-refractivity contribution is -0.127. The molecule has 0 bridgehead atoms. The Labute approximate surface area is 171 Å². The van der Waals surface area contributed by atoms with Gasteiger partial charge in [-0.2, -0.15) is 0 Å². The summed E-state index contributed by atoms with van der Waals surface area (Å²) >= 11 is 1.78. The van der Waals surface area contributed by atoms with Gasteiger partial charge < -0.3 is 14.4 Å². The third-order valence-corrected chi connectivity index (χ3v) is 5.47. The highest BCUT2D eigenvalue weighted by Gasteiger charge is 2.19. The molecular formula is C22H28N2O3S. The van der Waals surface area contributed by atoms with Crippen LogP contribution in [-0.4, -0.2) is 55.1 Å². The Kier molecular flexibility index (Phi) is 7.12. The number of carbonyl (C=O) groups excluding carboxylic acids is 1. The van der Waals surface area contributed by atoms with E-state index in [1.807, 2.05) is 43.0 Å². The first-order chi connectivity index (χ1) is 13.5. The van der Waals surface area contributed by atoms with Gasteiger partial charge in [-0.3, -0.25) is 9.69 Å². The van der Waals surface area contributed by atoms with Crippen molar-refractivity contribution >= 4 is 23.3 Å². The summed E-state index contributed by atoms with van der Waals surface area (Å²) < 4.78 is 11.1. The van der Waals surface area contributed by atoms with Crippen LogP contribution in [0.5, 0.6) is 11.5 Å². The molecule has 2 heterocycles. The minimum Gasteiger partial charge on any atom is -0.493 e. The number of carbonyl (C=O) groups is 1. The van der Waals surface area contributed by atoms with Gasteiger partial charge in [-0.05, 0) is 49.1 Å². The molecule has 3 rings (SSSR count). The molecule has 0 unspecified atom stereocenters. The second-order valence-corrected chi connectivity index (χ2v) is 8.12. The summed E-state index contributed by atoms with van der Waals surface area (Å²) in [5.74, 6) is 1.44. The van der Waals surface area contributed by atoms with Crippen LogP contribution in [0, 0.1) is 0 Å². The van der Waals surface area contributed by atoms with Crippen LogP contribution in [0.1, 0.15) is 24.3 Å². The molecule has 0 aliphatic carbocycles. The van der Waals surface area contributed by atoms with Gasteiger partial charge >= 0.3 is 0 Å². The molecule has 1 aliphatic rings. The maximum atomic E-state index is 12.5. The second kappa shape index (κ2) is 9.75. The summed E-state index contributed by atoms with van der Waals surface area (Å²) in [5.41, 5.74) is 0.914. The molecule has 0 atom stereocenters. The largest absolute Gasteiger partial charge is 0.493 e. The van der Waals surface area contributed by atoms with Crippen LogP contribution >= 0.6 is 11.3 Å². The molecule has 2 aromatic rings. The Morgan fingerprint density at radius 1 is 1.18 bits per heavy atom. The van der Waals surface area contributed by atoms with Crippen molar-refractivity contribution in [2.75, 3.05) is 33.3 Å². The fourth-order valence-corrected chi connectivity index (χ4v) is 3.91. The highest BCUT2D eigenvalue weighted by atomic mass is 32.1. The number of nitrogens with zero attached hydrogens (tertiary/aromatic N) is 2. The first kappa shape index (κ1) is 20.4. The van der Waals surface area contributed by atoms with E-state index in [1.165, 1.54) is 4.88 Å². The molecule has 1 amide bonds. The van der Waals surface area contributed by atoms with E-state index in [-0.39, 0.29) is 12.0 Å². The Morgan fingerprint density at radius 2 is 1.96 bits per heavy atom. The molecule has 1 aliphatic heterocycles. The Balaban J connectivity index is 1.54. The van der Waals surface area contributed by atoms with Crippen molar-refractivity contribution in [2.45, 2.75) is 26.5 Å². The van der Waals surface area contributed by atoms with E-state index in [2.05, 4.69) is 22.4 Å². The fourth-order valence-electron chi connectivity index (χ4n) is 3.16. The zero-order chi connectivity index (χ0) is 19.9. The summed E-state index contributed by atoms with van der Waals surface area (Å²) in [4.78, 5) is 18.2. The first-order valence-corrected chi connectivity index (χ1v) is 10.5. The van der Waals surface area contributed by atoms with E-state index >= 15 is 0 Å². The molecule has 0 N–H and O–H groups in total. The zero-order valence-corrected chi connectivity index (χ0v) is 17.6. The van der Waals surface area contributed by atoms with Crippen LogP contribution in [0.3, 0.4) is 0 Å². The molecule has 5 nitrogen and oxygen atoms in total. The van der Waals surface area contributed by atoms with Crippen molar-refractivity contribution < 1.29 is 14.3 Å². The van der Waals surface area contributed by atoms with Gasteiger partial charge in [0.2, 0.25) is 5.91 Å². The number of thiophene rings is 1. The van der Waals surface area contributed by atoms with Crippen LogP contribution in [0.15, 0.2) is 41.8 Å². The lowest BCUT2D eigenvalue weighted by Crippen LogP contribution is -2.47. The van der Waals surface area contributed by atoms with Gasteiger partial charge in [0.25, 0.3) is 0 Å². The maximum Gasteiger partial charge on any atom is 0.246 e. The third kappa shape index (κ3) is 5.59. The van der Waals surface area contributed by atoms with Gasteiger partial charge in [0, 0.05) is 43.7 Å². The normalized spacial score (nSPS) is 15.4. The van der Waals surface area contributed by atoms with Crippen LogP contribution in [0.4, 0.5) is 0 Å². The lowest BCUT2D eigenvalue weighted by Gasteiger charge is -2.34. The van der Waals surface area contributed by atoms with Gasteiger partial charge in [-0.15, -0.1) is 11.3 Å². The summed E-state index contributed by atoms with van der Waals surface area (Å²) in [6.07, 6.45) is 3.56. The number of hydrogen-bond donors (Lipinski definition) is 0. The fraction of sp³-hybridized carbons (Fsp3) is 0.409. The number of rotatable bonds is 7. The molecule has 1 aromatic carbocycles. The topological polar surface area (TPSA) is 42.0 Å². The minimum atomic E-state index is 0.0530. The SMILES string of the molecule is COc1cc(C=CC(=O)N2CCN(Cc3cccs3)CC2)ccc1OC(C)C. The van der Waals surface area contributed by atoms with Gasteiger partial charge in [0.05, 0.1) is 13.2 Å². The second-order valence-electron chi connectivity index (χ2n) is 7.09. The zero-order valence-electron chi connectivity index (χ0n) is 16.8. The van der Waals surface area contributed by atoms with E-state index in [0.717, 1.165) is 38.3 Å². The maximum absolute atomic E-state index is 12.5. The van der Waals surface area contributed by atoms with Crippen molar-refractivity contribution in [3.05, 3.63) is 52.2 Å². The standard InChI is InChI=1S/C22H28N2O3S/c1-17(2)27-20-8-6-18(15-21(20)26-3)7-9-22(25)24-12-10-23(11-13-24)16-19-5-4-14-28-19/h4-9,14-15,17H,10-13,16H2,1-3H3. The summed E-state index contributed by atoms with van der Waals surface area (Å²) in [7, 11) is 1.62. The average Bonchev–Trinajstić information content (AvgIpc) is 3.20. The lowest BCUT2D eigenvalue weighted by atomic mass is 10.1. The minimum absolute atomic E-state index is 0.0530. The predicted molar refractivity (Wildman–Crippen MR) is 114 cm³/mol. The first-order valence-electron chi connectivity index (χ1n) is 9.61. The number of hydrogen-bond acceptors (Lipinski definition) is 5. The molecule has 0 radical (unpaired) electrons. The highest BCUT2D eigenvalue weighted by molar-refractivity contribution is 7.09. The predicted octanol–water partition coefficient (Wildman–Crippen LogP) is 3.90. The summed E-state index contributed by atoms with van der Waals surface area (Å²) in [5, 5.41) is 2.11. The van der Waals surface area contributed by atoms with Gasteiger partial charge in [0.15, 0.2) is 11.5 Å². The van der Waals surface area contributed by atoms with E-state index < -0.39 is 0 Å². The molecule has 1 fully saturated rings. The molecule has 28 heavy (non-hydrogen) atoms. The van der Waals surface area contributed by atoms with Crippen molar-refractivity contribution in [2.24, 2.45) is 0 Å². The third-order valence-electron chi connectivity index (χ3n) is 4.61. The van der Waals surface area contributed by atoms with Crippen molar-refractivity contribution in [3.8, 4) is 11.5 Å². The highest BCUT2D eigenvalue weighted by Crippen LogP contribution is 2.29. The monoisotopic (exact) mass is 400 g/mol. The van der Waals surface area contributed by atoms with E-state index in [0.29, 0.717) is 11.5 Å². The van der Waals surface area contributed by atoms with Crippen molar-refractivity contribution in [3.63, 3.8) is 0 Å². The van der Waals surface area contributed by atoms with Crippen molar-refractivity contribution in [1.29, 1.82) is 0 Å². The Morgan fingerprint density at radius 3 is 2.61 bits per heavy atom. The van der Waals surface area contributed by atoms with Crippen LogP contribution < -0.4 is 9.47 Å². The molecule has 150 valence electrons. The molecule has 1 aromatic heterocycles. The quantitative estimate of drug-likeness (QED) is 0.661. The molecule has 0 saturated carbocycles. The van der Waals surface area contributed by atoms with Gasteiger partial charge in [-0.25, -0.2) is 0 Å². The van der Waals surface area contributed by atoms with Crippen LogP contribution in [0.2, 0.25) is 0 Å². The number of piperazine rings is 1. The molecular weight excluding hydrogens is 372 g/mol. The Bertz CT molecular complexity index is 794. The number of amides is 1. The van der Waals surface area contributed by atoms with Gasteiger partial charge in [0.1, 0.15) is 0 Å². The summed E-state index contributed by atoms with van der Waals surface area (Å²) in [6.45, 7) is 8.27. The van der Waals surface area contributed by atoms with Crippen molar-refractivity contribution in [1.82, 2.24) is 9.80 Å². The molecule has 1 saturated heterocycles. The van der Waals surface area contributed by atoms with Crippen LogP contribution in [0.25, 0.3) is 6.08 Å². The smallest absolute Gasteiger partial charge is 0.246 e. The number of ether oxygens (including phenoxy) is 2. The van der Waals surface area contributed by atoms with E-state index in [1.54, 1.807) is 24.5 Å². The van der Waals surface area contributed by atoms with E-state index in [4.69, 9.17) is 9.47 Å². The molecule has 6 heteroatoms. The molecule has 0 spiro atoms. The number of benzene rings is 1. The summed E-state index contributed by atoms with van der Waals surface area (Å²) in [6, 6.07) is 9.95.